The number of aliphatic imine (C=N–C) groups is 1. The molecule has 0 radical (unpaired) electrons. The van der Waals surface area contributed by atoms with Crippen molar-refractivity contribution in [2.45, 2.75) is 26.3 Å². The van der Waals surface area contributed by atoms with Crippen molar-refractivity contribution in [1.29, 1.82) is 0 Å². The topological polar surface area (TPSA) is 87.4 Å². The molecule has 0 spiro atoms. The molecule has 0 aliphatic heterocycles. The fourth-order valence-electron chi connectivity index (χ4n) is 1.79. The van der Waals surface area contributed by atoms with Gasteiger partial charge in [-0.3, -0.25) is 14.8 Å². The van der Waals surface area contributed by atoms with E-state index in [-0.39, 0.29) is 11.6 Å². The molecule has 0 fully saturated rings. The quantitative estimate of drug-likeness (QED) is 0.845. The molecule has 0 amide bonds. The van der Waals surface area contributed by atoms with Gasteiger partial charge in [0.25, 0.3) is 5.56 Å². The van der Waals surface area contributed by atoms with E-state index in [1.807, 2.05) is 13.8 Å². The van der Waals surface area contributed by atoms with Crippen LogP contribution in [0.5, 0.6) is 5.88 Å². The van der Waals surface area contributed by atoms with Crippen molar-refractivity contribution in [2.75, 3.05) is 0 Å². The molecule has 0 aliphatic carbocycles. The molecule has 0 saturated heterocycles. The highest BCUT2D eigenvalue weighted by Crippen LogP contribution is 2.17. The van der Waals surface area contributed by atoms with Crippen molar-refractivity contribution >= 4 is 17.8 Å². The van der Waals surface area contributed by atoms with Gasteiger partial charge in [-0.1, -0.05) is 18.5 Å². The van der Waals surface area contributed by atoms with Crippen LogP contribution in [0.2, 0.25) is 5.02 Å². The molecule has 0 bridgehead atoms. The Kier molecular flexibility index (Phi) is 4.82. The highest BCUT2D eigenvalue weighted by molar-refractivity contribution is 6.30. The molecule has 116 valence electrons. The maximum Gasteiger partial charge on any atom is 0.335 e. The van der Waals surface area contributed by atoms with Crippen molar-refractivity contribution in [3.8, 4) is 11.6 Å². The lowest BCUT2D eigenvalue weighted by Crippen LogP contribution is -2.31. The average molecular weight is 322 g/mol. The van der Waals surface area contributed by atoms with Crippen LogP contribution >= 0.6 is 11.6 Å². The number of hydrogen-bond donors (Lipinski definition) is 2. The molecular formula is C15H16ClN3O3. The van der Waals surface area contributed by atoms with E-state index < -0.39 is 17.1 Å². The molecule has 2 aromatic rings. The second-order valence-corrected chi connectivity index (χ2v) is 5.28. The lowest BCUT2D eigenvalue weighted by Gasteiger charge is -2.10. The van der Waals surface area contributed by atoms with Crippen LogP contribution in [0.15, 0.2) is 38.8 Å². The minimum Gasteiger partial charge on any atom is -0.493 e. The van der Waals surface area contributed by atoms with E-state index in [2.05, 4.69) is 9.98 Å². The second-order valence-electron chi connectivity index (χ2n) is 4.84. The van der Waals surface area contributed by atoms with Crippen LogP contribution in [-0.2, 0) is 0 Å². The summed E-state index contributed by atoms with van der Waals surface area (Å²) in [5.74, 6) is -0.455. The van der Waals surface area contributed by atoms with Crippen LogP contribution in [0.1, 0.15) is 25.8 Å². The number of rotatable bonds is 4. The first kappa shape index (κ1) is 16.0. The normalized spacial score (nSPS) is 12.7. The van der Waals surface area contributed by atoms with Gasteiger partial charge < -0.3 is 5.11 Å². The summed E-state index contributed by atoms with van der Waals surface area (Å²) in [6.45, 7) is 3.84. The second kappa shape index (κ2) is 6.62. The SMILES string of the molecule is CC[C@@H](C)N=Cc1c(O)n(-c2ccc(Cl)cc2)c(=O)[nH]c1=O. The van der Waals surface area contributed by atoms with E-state index in [0.29, 0.717) is 10.7 Å². The Morgan fingerprint density at radius 1 is 1.36 bits per heavy atom. The highest BCUT2D eigenvalue weighted by Gasteiger charge is 2.14. The van der Waals surface area contributed by atoms with Crippen LogP contribution < -0.4 is 11.2 Å². The number of hydrogen-bond acceptors (Lipinski definition) is 4. The largest absolute Gasteiger partial charge is 0.493 e. The van der Waals surface area contributed by atoms with E-state index in [0.717, 1.165) is 11.0 Å². The summed E-state index contributed by atoms with van der Waals surface area (Å²) in [6.07, 6.45) is 2.08. The fraction of sp³-hybridized carbons (Fsp3) is 0.267. The molecule has 1 aromatic heterocycles. The Balaban J connectivity index is 2.61. The molecule has 6 nitrogen and oxygen atoms in total. The van der Waals surface area contributed by atoms with E-state index in [9.17, 15) is 14.7 Å². The number of halogens is 1. The Bertz CT molecular complexity index is 806. The predicted molar refractivity (Wildman–Crippen MR) is 86.7 cm³/mol. The summed E-state index contributed by atoms with van der Waals surface area (Å²) in [6, 6.07) is 6.31. The first-order valence-electron chi connectivity index (χ1n) is 6.81. The monoisotopic (exact) mass is 321 g/mol. The van der Waals surface area contributed by atoms with Gasteiger partial charge in [0.15, 0.2) is 0 Å². The van der Waals surface area contributed by atoms with Gasteiger partial charge in [-0.15, -0.1) is 0 Å². The van der Waals surface area contributed by atoms with Gasteiger partial charge >= 0.3 is 5.69 Å². The predicted octanol–water partition coefficient (Wildman–Crippen LogP) is 2.10. The van der Waals surface area contributed by atoms with Crippen molar-refractivity contribution in [3.05, 3.63) is 55.7 Å². The smallest absolute Gasteiger partial charge is 0.335 e. The van der Waals surface area contributed by atoms with Gasteiger partial charge in [-0.2, -0.15) is 0 Å². The van der Waals surface area contributed by atoms with E-state index >= 15 is 0 Å². The molecule has 1 atom stereocenters. The number of nitrogens with one attached hydrogen (secondary N) is 1. The first-order chi connectivity index (χ1) is 10.4. The zero-order valence-electron chi connectivity index (χ0n) is 12.2. The summed E-state index contributed by atoms with van der Waals surface area (Å²) in [4.78, 5) is 30.2. The van der Waals surface area contributed by atoms with Crippen LogP contribution in [0.4, 0.5) is 0 Å². The molecule has 1 heterocycles. The number of aromatic nitrogens is 2. The minimum absolute atomic E-state index is 0.00899. The third-order valence-electron chi connectivity index (χ3n) is 3.25. The summed E-state index contributed by atoms with van der Waals surface area (Å²) < 4.78 is 0.996. The zero-order chi connectivity index (χ0) is 16.3. The summed E-state index contributed by atoms with van der Waals surface area (Å²) in [5.41, 5.74) is -1.08. The van der Waals surface area contributed by atoms with Crippen molar-refractivity contribution in [1.82, 2.24) is 9.55 Å². The van der Waals surface area contributed by atoms with Crippen LogP contribution in [0.25, 0.3) is 5.69 Å². The summed E-state index contributed by atoms with van der Waals surface area (Å²) >= 11 is 5.81. The number of aromatic amines is 1. The minimum atomic E-state index is -0.731. The van der Waals surface area contributed by atoms with Gasteiger partial charge in [0.05, 0.1) is 5.69 Å². The molecule has 2 N–H and O–H groups in total. The van der Waals surface area contributed by atoms with E-state index in [1.54, 1.807) is 24.3 Å². The number of nitrogens with zero attached hydrogens (tertiary/aromatic N) is 2. The average Bonchev–Trinajstić information content (AvgIpc) is 2.48. The Morgan fingerprint density at radius 2 is 2.00 bits per heavy atom. The summed E-state index contributed by atoms with van der Waals surface area (Å²) in [7, 11) is 0. The van der Waals surface area contributed by atoms with E-state index in [4.69, 9.17) is 11.6 Å². The van der Waals surface area contributed by atoms with Gasteiger partial charge in [0.1, 0.15) is 5.56 Å². The number of aromatic hydroxyl groups is 1. The third-order valence-corrected chi connectivity index (χ3v) is 3.51. The molecule has 22 heavy (non-hydrogen) atoms. The zero-order valence-corrected chi connectivity index (χ0v) is 13.0. The van der Waals surface area contributed by atoms with Crippen molar-refractivity contribution in [2.24, 2.45) is 4.99 Å². The lowest BCUT2D eigenvalue weighted by atomic mass is 10.2. The third kappa shape index (κ3) is 3.28. The number of H-pyrrole nitrogens is 1. The Labute approximate surface area is 131 Å². The standard InChI is InChI=1S/C15H16ClN3O3/c1-3-9(2)17-8-12-13(20)18-15(22)19(14(12)21)11-6-4-10(16)5-7-11/h4-9,21H,3H2,1-2H3,(H,18,20,22)/t9-/m1/s1. The number of benzene rings is 1. The van der Waals surface area contributed by atoms with Gasteiger partial charge in [0.2, 0.25) is 5.88 Å². The van der Waals surface area contributed by atoms with Crippen molar-refractivity contribution < 1.29 is 5.11 Å². The molecule has 2 rings (SSSR count). The summed E-state index contributed by atoms with van der Waals surface area (Å²) in [5, 5.41) is 10.8. The Hall–Kier alpha value is -2.34. The van der Waals surface area contributed by atoms with Gasteiger partial charge in [-0.25, -0.2) is 9.36 Å². The van der Waals surface area contributed by atoms with Crippen LogP contribution in [0, 0.1) is 0 Å². The van der Waals surface area contributed by atoms with E-state index in [1.165, 1.54) is 6.21 Å². The maximum atomic E-state index is 12.0. The molecule has 1 aromatic carbocycles. The van der Waals surface area contributed by atoms with Gasteiger partial charge in [0, 0.05) is 17.3 Å². The molecule has 7 heteroatoms. The Morgan fingerprint density at radius 3 is 2.59 bits per heavy atom. The van der Waals surface area contributed by atoms with Gasteiger partial charge in [-0.05, 0) is 37.6 Å². The van der Waals surface area contributed by atoms with Crippen LogP contribution in [-0.4, -0.2) is 26.9 Å². The first-order valence-corrected chi connectivity index (χ1v) is 7.19. The lowest BCUT2D eigenvalue weighted by molar-refractivity contribution is 0.430. The molecule has 0 unspecified atom stereocenters. The molecule has 0 aliphatic rings. The fourth-order valence-corrected chi connectivity index (χ4v) is 1.92. The molecule has 0 saturated carbocycles. The highest BCUT2D eigenvalue weighted by atomic mass is 35.5. The molecular weight excluding hydrogens is 306 g/mol. The van der Waals surface area contributed by atoms with Crippen LogP contribution in [0.3, 0.4) is 0 Å². The van der Waals surface area contributed by atoms with Crippen molar-refractivity contribution in [3.63, 3.8) is 0 Å². The maximum absolute atomic E-state index is 12.0.